The van der Waals surface area contributed by atoms with Crippen LogP contribution in [0.15, 0.2) is 22.9 Å². The molecule has 0 aromatic carbocycles. The lowest BCUT2D eigenvalue weighted by Gasteiger charge is -2.27. The van der Waals surface area contributed by atoms with E-state index in [1.54, 1.807) is 18.5 Å². The largest absolute Gasteiger partial charge is 0.348 e. The summed E-state index contributed by atoms with van der Waals surface area (Å²) in [6.45, 7) is 0. The predicted molar refractivity (Wildman–Crippen MR) is 71.3 cm³/mol. The first-order valence-corrected chi connectivity index (χ1v) is 6.95. The van der Waals surface area contributed by atoms with Crippen molar-refractivity contribution in [3.63, 3.8) is 0 Å². The summed E-state index contributed by atoms with van der Waals surface area (Å²) in [7, 11) is 0. The zero-order chi connectivity index (χ0) is 12.3. The van der Waals surface area contributed by atoms with Gasteiger partial charge in [-0.1, -0.05) is 12.8 Å². The summed E-state index contributed by atoms with van der Waals surface area (Å²) in [6.07, 6.45) is 7.43. The summed E-state index contributed by atoms with van der Waals surface area (Å²) in [6, 6.07) is 1.84. The first-order valence-electron chi connectivity index (χ1n) is 5.72. The second kappa shape index (κ2) is 5.83. The Labute approximate surface area is 114 Å². The average molecular weight is 318 g/mol. The maximum absolute atomic E-state index is 12.0. The van der Waals surface area contributed by atoms with Crippen molar-refractivity contribution in [1.82, 2.24) is 10.3 Å². The highest BCUT2D eigenvalue weighted by molar-refractivity contribution is 9.10. The van der Waals surface area contributed by atoms with Gasteiger partial charge in [0.25, 0.3) is 5.91 Å². The van der Waals surface area contributed by atoms with Crippen LogP contribution in [0.1, 0.15) is 36.0 Å². The number of nitrogens with zero attached hydrogens (tertiary/aromatic N) is 1. The van der Waals surface area contributed by atoms with Crippen molar-refractivity contribution >= 4 is 33.4 Å². The van der Waals surface area contributed by atoms with Crippen LogP contribution in [0.3, 0.4) is 0 Å². The van der Waals surface area contributed by atoms with Crippen LogP contribution in [0.4, 0.5) is 0 Å². The van der Waals surface area contributed by atoms with Gasteiger partial charge in [0, 0.05) is 22.9 Å². The third-order valence-corrected chi connectivity index (χ3v) is 3.92. The van der Waals surface area contributed by atoms with Crippen molar-refractivity contribution in [2.45, 2.75) is 37.1 Å². The number of hydrogen-bond donors (Lipinski definition) is 1. The number of carbonyl (C=O) groups excluding carboxylic acids is 1. The Bertz CT molecular complexity index is 413. The molecule has 2 unspecified atom stereocenters. The molecule has 0 spiro atoms. The first-order chi connectivity index (χ1) is 8.16. The molecule has 0 radical (unpaired) electrons. The Morgan fingerprint density at radius 2 is 2.18 bits per heavy atom. The van der Waals surface area contributed by atoms with Gasteiger partial charge in [-0.05, 0) is 34.8 Å². The first kappa shape index (κ1) is 12.8. The third-order valence-electron chi connectivity index (χ3n) is 2.97. The molecule has 1 aromatic rings. The highest BCUT2D eigenvalue weighted by atomic mass is 79.9. The van der Waals surface area contributed by atoms with E-state index in [9.17, 15) is 4.79 Å². The highest BCUT2D eigenvalue weighted by Gasteiger charge is 2.24. The minimum Gasteiger partial charge on any atom is -0.348 e. The topological polar surface area (TPSA) is 42.0 Å². The Morgan fingerprint density at radius 3 is 2.88 bits per heavy atom. The average Bonchev–Trinajstić information content (AvgIpc) is 2.32. The van der Waals surface area contributed by atoms with Crippen LogP contribution in [-0.4, -0.2) is 22.3 Å². The second-order valence-corrected chi connectivity index (χ2v) is 5.75. The molecule has 1 saturated carbocycles. The highest BCUT2D eigenvalue weighted by Crippen LogP contribution is 2.23. The van der Waals surface area contributed by atoms with E-state index in [0.717, 1.165) is 30.2 Å². The molecule has 2 rings (SSSR count). The Morgan fingerprint density at radius 1 is 1.41 bits per heavy atom. The van der Waals surface area contributed by atoms with E-state index >= 15 is 0 Å². The number of rotatable bonds is 2. The normalized spacial score (nSPS) is 24.4. The fourth-order valence-corrected chi connectivity index (χ4v) is 2.74. The van der Waals surface area contributed by atoms with E-state index in [1.165, 1.54) is 0 Å². The molecule has 1 fully saturated rings. The van der Waals surface area contributed by atoms with Crippen LogP contribution in [0.2, 0.25) is 0 Å². The number of nitrogens with one attached hydrogen (secondary N) is 1. The van der Waals surface area contributed by atoms with Crippen molar-refractivity contribution in [1.29, 1.82) is 0 Å². The fraction of sp³-hybridized carbons (Fsp3) is 0.500. The van der Waals surface area contributed by atoms with E-state index in [-0.39, 0.29) is 17.3 Å². The molecule has 0 bridgehead atoms. The van der Waals surface area contributed by atoms with Gasteiger partial charge in [-0.2, -0.15) is 0 Å². The van der Waals surface area contributed by atoms with Crippen molar-refractivity contribution < 1.29 is 4.79 Å². The zero-order valence-electron chi connectivity index (χ0n) is 9.33. The monoisotopic (exact) mass is 316 g/mol. The van der Waals surface area contributed by atoms with Crippen molar-refractivity contribution in [3.8, 4) is 0 Å². The molecule has 3 nitrogen and oxygen atoms in total. The van der Waals surface area contributed by atoms with E-state index in [0.29, 0.717) is 5.56 Å². The number of amides is 1. The van der Waals surface area contributed by atoms with Gasteiger partial charge in [0.1, 0.15) is 0 Å². The predicted octanol–water partition coefficient (Wildman–Crippen LogP) is 3.12. The number of alkyl halides is 1. The Kier molecular flexibility index (Phi) is 4.40. The number of halogens is 2. The van der Waals surface area contributed by atoms with E-state index < -0.39 is 0 Å². The summed E-state index contributed by atoms with van der Waals surface area (Å²) in [5.74, 6) is -0.101. The van der Waals surface area contributed by atoms with Gasteiger partial charge >= 0.3 is 0 Å². The van der Waals surface area contributed by atoms with Gasteiger partial charge in [0.15, 0.2) is 0 Å². The zero-order valence-corrected chi connectivity index (χ0v) is 11.7. The summed E-state index contributed by atoms with van der Waals surface area (Å²) in [5.41, 5.74) is 0.564. The summed E-state index contributed by atoms with van der Waals surface area (Å²) in [4.78, 5) is 16.0. The lowest BCUT2D eigenvalue weighted by atomic mass is 9.95. The van der Waals surface area contributed by atoms with Crippen LogP contribution in [0, 0.1) is 0 Å². The molecule has 2 atom stereocenters. The van der Waals surface area contributed by atoms with Crippen molar-refractivity contribution in [2.24, 2.45) is 0 Å². The number of aromatic nitrogens is 1. The van der Waals surface area contributed by atoms with Crippen molar-refractivity contribution in [3.05, 3.63) is 28.5 Å². The molecule has 5 heteroatoms. The number of hydrogen-bond acceptors (Lipinski definition) is 2. The van der Waals surface area contributed by atoms with Gasteiger partial charge < -0.3 is 5.32 Å². The van der Waals surface area contributed by atoms with Crippen LogP contribution >= 0.6 is 27.5 Å². The van der Waals surface area contributed by atoms with Gasteiger partial charge in [-0.25, -0.2) is 0 Å². The standard InChI is InChI=1S/C12H14BrClN2O/c13-9-5-8(6-15-7-9)12(17)16-11-4-2-1-3-10(11)14/h5-7,10-11H,1-4H2,(H,16,17). The molecule has 1 amide bonds. The minimum atomic E-state index is -0.101. The van der Waals surface area contributed by atoms with Crippen LogP contribution in [-0.2, 0) is 0 Å². The summed E-state index contributed by atoms with van der Waals surface area (Å²) >= 11 is 9.50. The van der Waals surface area contributed by atoms with Gasteiger partial charge in [0.05, 0.1) is 10.9 Å². The van der Waals surface area contributed by atoms with E-state index in [1.807, 2.05) is 0 Å². The molecule has 17 heavy (non-hydrogen) atoms. The van der Waals surface area contributed by atoms with Gasteiger partial charge in [-0.15, -0.1) is 11.6 Å². The maximum atomic E-state index is 12.0. The molecule has 0 saturated heterocycles. The van der Waals surface area contributed by atoms with Crippen LogP contribution < -0.4 is 5.32 Å². The molecule has 1 heterocycles. The van der Waals surface area contributed by atoms with Gasteiger partial charge in [-0.3, -0.25) is 9.78 Å². The fourth-order valence-electron chi connectivity index (χ4n) is 2.04. The number of carbonyl (C=O) groups is 1. The van der Waals surface area contributed by atoms with Crippen molar-refractivity contribution in [2.75, 3.05) is 0 Å². The smallest absolute Gasteiger partial charge is 0.253 e. The minimum absolute atomic E-state index is 0.0489. The lowest BCUT2D eigenvalue weighted by Crippen LogP contribution is -2.42. The summed E-state index contributed by atoms with van der Waals surface area (Å²) < 4.78 is 0.802. The van der Waals surface area contributed by atoms with Crippen LogP contribution in [0.5, 0.6) is 0 Å². The Balaban J connectivity index is 2.01. The molecule has 1 aliphatic carbocycles. The molecule has 0 aliphatic heterocycles. The van der Waals surface area contributed by atoms with Gasteiger partial charge in [0.2, 0.25) is 0 Å². The Hall–Kier alpha value is -0.610. The molecule has 92 valence electrons. The SMILES string of the molecule is O=C(NC1CCCCC1Cl)c1cncc(Br)c1. The second-order valence-electron chi connectivity index (χ2n) is 4.27. The molecular weight excluding hydrogens is 304 g/mol. The molecule has 1 aliphatic rings. The van der Waals surface area contributed by atoms with E-state index in [2.05, 4.69) is 26.2 Å². The lowest BCUT2D eigenvalue weighted by molar-refractivity contribution is 0.0928. The molecule has 1 N–H and O–H groups in total. The van der Waals surface area contributed by atoms with Crippen LogP contribution in [0.25, 0.3) is 0 Å². The third kappa shape index (κ3) is 3.42. The molecule has 1 aromatic heterocycles. The van der Waals surface area contributed by atoms with E-state index in [4.69, 9.17) is 11.6 Å². The molecular formula is C12H14BrClN2O. The number of pyridine rings is 1. The summed E-state index contributed by atoms with van der Waals surface area (Å²) in [5, 5.41) is 3.03. The quantitative estimate of drug-likeness (QED) is 0.852. The maximum Gasteiger partial charge on any atom is 0.253 e.